The summed E-state index contributed by atoms with van der Waals surface area (Å²) in [7, 11) is 0. The summed E-state index contributed by atoms with van der Waals surface area (Å²) in [5.74, 6) is 1.04. The first-order valence-electron chi connectivity index (χ1n) is 6.90. The Kier molecular flexibility index (Phi) is 3.62. The highest BCUT2D eigenvalue weighted by molar-refractivity contribution is 9.10. The standard InChI is InChI=1S/C15H20BrNO/c1-10-14(16)6-3-7-15(10)18-13-8-11-4-2-5-12(9-13)17-11/h3,6-7,11-13,17H,2,4-5,8-9H2,1H3. The molecule has 0 aromatic heterocycles. The zero-order valence-electron chi connectivity index (χ0n) is 10.8. The Morgan fingerprint density at radius 3 is 2.67 bits per heavy atom. The first-order chi connectivity index (χ1) is 8.72. The van der Waals surface area contributed by atoms with Gasteiger partial charge in [-0.2, -0.15) is 0 Å². The predicted molar refractivity (Wildman–Crippen MR) is 77.1 cm³/mol. The van der Waals surface area contributed by atoms with Gasteiger partial charge >= 0.3 is 0 Å². The lowest BCUT2D eigenvalue weighted by Gasteiger charge is -2.40. The Morgan fingerprint density at radius 2 is 1.94 bits per heavy atom. The van der Waals surface area contributed by atoms with Crippen molar-refractivity contribution in [3.8, 4) is 5.75 Å². The van der Waals surface area contributed by atoms with Gasteiger partial charge < -0.3 is 10.1 Å². The number of ether oxygens (including phenoxy) is 1. The van der Waals surface area contributed by atoms with Crippen molar-refractivity contribution >= 4 is 15.9 Å². The van der Waals surface area contributed by atoms with E-state index in [0.717, 1.165) is 23.1 Å². The molecule has 0 aliphatic carbocycles. The molecule has 1 aromatic carbocycles. The zero-order valence-corrected chi connectivity index (χ0v) is 12.4. The SMILES string of the molecule is Cc1c(Br)cccc1OC1CC2CCCC(C1)N2. The van der Waals surface area contributed by atoms with E-state index in [2.05, 4.69) is 40.3 Å². The molecule has 3 heteroatoms. The van der Waals surface area contributed by atoms with Crippen molar-refractivity contribution in [2.45, 2.75) is 57.2 Å². The van der Waals surface area contributed by atoms with Crippen LogP contribution in [0.5, 0.6) is 5.75 Å². The highest BCUT2D eigenvalue weighted by Crippen LogP contribution is 2.31. The van der Waals surface area contributed by atoms with Crippen LogP contribution >= 0.6 is 15.9 Å². The van der Waals surface area contributed by atoms with E-state index >= 15 is 0 Å². The molecule has 2 saturated heterocycles. The van der Waals surface area contributed by atoms with Crippen LogP contribution in [0.1, 0.15) is 37.7 Å². The van der Waals surface area contributed by atoms with Crippen molar-refractivity contribution in [2.75, 3.05) is 0 Å². The third-order valence-corrected chi connectivity index (χ3v) is 5.04. The molecular weight excluding hydrogens is 290 g/mol. The van der Waals surface area contributed by atoms with Crippen molar-refractivity contribution in [1.29, 1.82) is 0 Å². The van der Waals surface area contributed by atoms with Crippen molar-refractivity contribution in [1.82, 2.24) is 5.32 Å². The summed E-state index contributed by atoms with van der Waals surface area (Å²) >= 11 is 3.57. The molecule has 18 heavy (non-hydrogen) atoms. The molecule has 0 saturated carbocycles. The maximum atomic E-state index is 6.23. The fraction of sp³-hybridized carbons (Fsp3) is 0.600. The molecule has 2 aliphatic rings. The number of benzene rings is 1. The van der Waals surface area contributed by atoms with E-state index in [-0.39, 0.29) is 0 Å². The molecule has 0 radical (unpaired) electrons. The fourth-order valence-corrected chi connectivity index (χ4v) is 3.55. The molecule has 2 unspecified atom stereocenters. The molecule has 1 aromatic rings. The van der Waals surface area contributed by atoms with Gasteiger partial charge in [-0.25, -0.2) is 0 Å². The highest BCUT2D eigenvalue weighted by atomic mass is 79.9. The lowest BCUT2D eigenvalue weighted by atomic mass is 9.85. The average molecular weight is 310 g/mol. The fourth-order valence-electron chi connectivity index (χ4n) is 3.20. The second-order valence-corrected chi connectivity index (χ2v) is 6.42. The van der Waals surface area contributed by atoms with Crippen LogP contribution in [-0.4, -0.2) is 18.2 Å². The maximum Gasteiger partial charge on any atom is 0.123 e. The second kappa shape index (κ2) is 5.22. The summed E-state index contributed by atoms with van der Waals surface area (Å²) in [5.41, 5.74) is 1.21. The molecule has 2 heterocycles. The van der Waals surface area contributed by atoms with E-state index in [1.807, 2.05) is 6.07 Å². The lowest BCUT2D eigenvalue weighted by molar-refractivity contribution is 0.0921. The third kappa shape index (κ3) is 2.57. The molecule has 98 valence electrons. The van der Waals surface area contributed by atoms with Crippen LogP contribution in [0, 0.1) is 6.92 Å². The molecule has 2 fully saturated rings. The minimum Gasteiger partial charge on any atom is -0.490 e. The Bertz CT molecular complexity index is 423. The number of hydrogen-bond acceptors (Lipinski definition) is 2. The summed E-state index contributed by atoms with van der Waals surface area (Å²) < 4.78 is 7.37. The summed E-state index contributed by atoms with van der Waals surface area (Å²) in [6.07, 6.45) is 6.70. The topological polar surface area (TPSA) is 21.3 Å². The molecule has 0 amide bonds. The summed E-state index contributed by atoms with van der Waals surface area (Å²) in [6.45, 7) is 2.11. The van der Waals surface area contributed by atoms with Gasteiger partial charge in [0.05, 0.1) is 0 Å². The van der Waals surface area contributed by atoms with Gasteiger partial charge in [0.2, 0.25) is 0 Å². The first-order valence-corrected chi connectivity index (χ1v) is 7.69. The minimum absolute atomic E-state index is 0.384. The lowest BCUT2D eigenvalue weighted by Crippen LogP contribution is -2.51. The normalized spacial score (nSPS) is 31.1. The van der Waals surface area contributed by atoms with E-state index in [1.165, 1.54) is 24.8 Å². The molecule has 3 rings (SSSR count). The Hall–Kier alpha value is -0.540. The molecule has 2 atom stereocenters. The van der Waals surface area contributed by atoms with Crippen LogP contribution < -0.4 is 10.1 Å². The van der Waals surface area contributed by atoms with Gasteiger partial charge in [-0.1, -0.05) is 28.4 Å². The molecule has 2 bridgehead atoms. The quantitative estimate of drug-likeness (QED) is 0.897. The monoisotopic (exact) mass is 309 g/mol. The van der Waals surface area contributed by atoms with Crippen LogP contribution in [0.3, 0.4) is 0 Å². The van der Waals surface area contributed by atoms with E-state index in [9.17, 15) is 0 Å². The largest absolute Gasteiger partial charge is 0.490 e. The summed E-state index contributed by atoms with van der Waals surface area (Å²) in [5, 5.41) is 3.71. The number of nitrogens with one attached hydrogen (secondary N) is 1. The van der Waals surface area contributed by atoms with E-state index in [4.69, 9.17) is 4.74 Å². The third-order valence-electron chi connectivity index (χ3n) is 4.18. The van der Waals surface area contributed by atoms with Crippen LogP contribution in [-0.2, 0) is 0 Å². The maximum absolute atomic E-state index is 6.23. The first kappa shape index (κ1) is 12.5. The van der Waals surface area contributed by atoms with Crippen molar-refractivity contribution in [3.63, 3.8) is 0 Å². The van der Waals surface area contributed by atoms with Crippen molar-refractivity contribution in [2.24, 2.45) is 0 Å². The van der Waals surface area contributed by atoms with Crippen molar-refractivity contribution in [3.05, 3.63) is 28.2 Å². The predicted octanol–water partition coefficient (Wildman–Crippen LogP) is 3.81. The molecule has 2 nitrogen and oxygen atoms in total. The Labute approximate surface area is 117 Å². The Balaban J connectivity index is 1.71. The van der Waals surface area contributed by atoms with Gasteiger partial charge in [0.15, 0.2) is 0 Å². The van der Waals surface area contributed by atoms with Crippen LogP contribution in [0.2, 0.25) is 0 Å². The minimum atomic E-state index is 0.384. The number of piperidine rings is 2. The summed E-state index contributed by atoms with van der Waals surface area (Å²) in [4.78, 5) is 0. The van der Waals surface area contributed by atoms with Crippen molar-refractivity contribution < 1.29 is 4.74 Å². The molecule has 2 aliphatic heterocycles. The molecular formula is C15H20BrNO. The average Bonchev–Trinajstić information content (AvgIpc) is 2.35. The number of hydrogen-bond donors (Lipinski definition) is 1. The highest BCUT2D eigenvalue weighted by Gasteiger charge is 2.32. The second-order valence-electron chi connectivity index (χ2n) is 5.57. The van der Waals surface area contributed by atoms with Crippen LogP contribution in [0.4, 0.5) is 0 Å². The van der Waals surface area contributed by atoms with Gasteiger partial charge in [0.1, 0.15) is 11.9 Å². The van der Waals surface area contributed by atoms with Gasteiger partial charge in [-0.05, 0) is 44.7 Å². The molecule has 0 spiro atoms. The van der Waals surface area contributed by atoms with Gasteiger partial charge in [-0.3, -0.25) is 0 Å². The van der Waals surface area contributed by atoms with Crippen LogP contribution in [0.15, 0.2) is 22.7 Å². The number of halogens is 1. The Morgan fingerprint density at radius 1 is 1.22 bits per heavy atom. The smallest absolute Gasteiger partial charge is 0.123 e. The van der Waals surface area contributed by atoms with Gasteiger partial charge in [-0.15, -0.1) is 0 Å². The van der Waals surface area contributed by atoms with E-state index in [0.29, 0.717) is 18.2 Å². The number of fused-ring (bicyclic) bond motifs is 2. The zero-order chi connectivity index (χ0) is 12.5. The van der Waals surface area contributed by atoms with Crippen LogP contribution in [0.25, 0.3) is 0 Å². The number of rotatable bonds is 2. The summed E-state index contributed by atoms with van der Waals surface area (Å²) in [6, 6.07) is 7.55. The van der Waals surface area contributed by atoms with Gasteiger partial charge in [0.25, 0.3) is 0 Å². The molecule has 1 N–H and O–H groups in total. The van der Waals surface area contributed by atoms with E-state index in [1.54, 1.807) is 0 Å². The van der Waals surface area contributed by atoms with E-state index < -0.39 is 0 Å². The van der Waals surface area contributed by atoms with Gasteiger partial charge in [0, 0.05) is 22.1 Å².